The fraction of sp³-hybridized carbons (Fsp3) is 0.190. The molecular formula is C21H21N3O2S. The first-order valence-electron chi connectivity index (χ1n) is 8.60. The number of hydrogen-bond acceptors (Lipinski definition) is 4. The van der Waals surface area contributed by atoms with E-state index in [-0.39, 0.29) is 18.0 Å². The zero-order valence-electron chi connectivity index (χ0n) is 15.2. The average Bonchev–Trinajstić information content (AvgIpc) is 3.01. The van der Waals surface area contributed by atoms with Crippen LogP contribution in [0.1, 0.15) is 4.88 Å². The van der Waals surface area contributed by atoms with Crippen molar-refractivity contribution in [2.45, 2.75) is 13.5 Å². The maximum atomic E-state index is 13.1. The Bertz CT molecular complexity index is 1040. The molecule has 0 aliphatic carbocycles. The first-order valence-corrected chi connectivity index (χ1v) is 9.42. The molecule has 138 valence electrons. The number of aromatic nitrogens is 2. The molecule has 0 atom stereocenters. The summed E-state index contributed by atoms with van der Waals surface area (Å²) in [6.07, 6.45) is 4.76. The van der Waals surface area contributed by atoms with Gasteiger partial charge >= 0.3 is 0 Å². The van der Waals surface area contributed by atoms with Gasteiger partial charge in [0.05, 0.1) is 11.7 Å². The highest BCUT2D eigenvalue weighted by Crippen LogP contribution is 2.35. The van der Waals surface area contributed by atoms with E-state index in [0.29, 0.717) is 23.3 Å². The van der Waals surface area contributed by atoms with Gasteiger partial charge in [-0.15, -0.1) is 24.5 Å². The number of carbonyl (C=O) groups excluding carboxylic acids is 1. The lowest BCUT2D eigenvalue weighted by atomic mass is 10.0. The second-order valence-electron chi connectivity index (χ2n) is 6.13. The molecule has 27 heavy (non-hydrogen) atoms. The van der Waals surface area contributed by atoms with Crippen LogP contribution < -0.4 is 5.56 Å². The molecule has 0 saturated heterocycles. The second-order valence-corrected chi connectivity index (χ2v) is 7.34. The number of benzene rings is 1. The number of amides is 1. The van der Waals surface area contributed by atoms with E-state index in [0.717, 1.165) is 16.0 Å². The van der Waals surface area contributed by atoms with Gasteiger partial charge in [0.25, 0.3) is 5.56 Å². The normalized spacial score (nSPS) is 10.7. The van der Waals surface area contributed by atoms with Crippen molar-refractivity contribution in [1.82, 2.24) is 14.5 Å². The lowest BCUT2D eigenvalue weighted by molar-refractivity contribution is -0.130. The molecule has 0 N–H and O–H groups in total. The number of nitrogens with zero attached hydrogens (tertiary/aromatic N) is 3. The minimum atomic E-state index is -0.200. The maximum absolute atomic E-state index is 13.1. The van der Waals surface area contributed by atoms with Crippen molar-refractivity contribution >= 4 is 27.5 Å². The molecule has 0 bridgehead atoms. The third kappa shape index (κ3) is 3.75. The summed E-state index contributed by atoms with van der Waals surface area (Å²) in [6, 6.07) is 9.79. The second kappa shape index (κ2) is 8.14. The van der Waals surface area contributed by atoms with Crippen LogP contribution in [0.3, 0.4) is 0 Å². The Labute approximate surface area is 161 Å². The Morgan fingerprint density at radius 1 is 1.22 bits per heavy atom. The summed E-state index contributed by atoms with van der Waals surface area (Å²) < 4.78 is 1.38. The molecule has 0 radical (unpaired) electrons. The Morgan fingerprint density at radius 2 is 1.89 bits per heavy atom. The van der Waals surface area contributed by atoms with E-state index >= 15 is 0 Å². The number of fused-ring (bicyclic) bond motifs is 1. The van der Waals surface area contributed by atoms with Crippen molar-refractivity contribution in [3.63, 3.8) is 0 Å². The SMILES string of the molecule is C=CCN(CC=C)C(=O)Cn1cnc2sc(C)c(-c3ccccc3)c2c1=O. The summed E-state index contributed by atoms with van der Waals surface area (Å²) in [5, 5.41) is 0.568. The van der Waals surface area contributed by atoms with Gasteiger partial charge in [0.1, 0.15) is 11.4 Å². The quantitative estimate of drug-likeness (QED) is 0.589. The number of aryl methyl sites for hydroxylation is 1. The minimum absolute atomic E-state index is 0.0629. The van der Waals surface area contributed by atoms with Crippen molar-refractivity contribution in [1.29, 1.82) is 0 Å². The highest BCUT2D eigenvalue weighted by molar-refractivity contribution is 7.19. The first-order chi connectivity index (χ1) is 13.1. The first kappa shape index (κ1) is 18.8. The molecule has 0 saturated carbocycles. The smallest absolute Gasteiger partial charge is 0.263 e. The van der Waals surface area contributed by atoms with Gasteiger partial charge in [-0.3, -0.25) is 14.2 Å². The molecule has 2 heterocycles. The Kier molecular flexibility index (Phi) is 5.66. The fourth-order valence-corrected chi connectivity index (χ4v) is 4.04. The van der Waals surface area contributed by atoms with E-state index in [2.05, 4.69) is 18.1 Å². The van der Waals surface area contributed by atoms with Crippen LogP contribution in [0.15, 0.2) is 66.8 Å². The zero-order chi connectivity index (χ0) is 19.4. The van der Waals surface area contributed by atoms with Gasteiger partial charge in [-0.05, 0) is 12.5 Å². The molecule has 3 aromatic rings. The monoisotopic (exact) mass is 379 g/mol. The van der Waals surface area contributed by atoms with Crippen molar-refractivity contribution in [2.75, 3.05) is 13.1 Å². The van der Waals surface area contributed by atoms with E-state index in [9.17, 15) is 9.59 Å². The number of rotatable bonds is 7. The highest BCUT2D eigenvalue weighted by Gasteiger charge is 2.19. The van der Waals surface area contributed by atoms with Crippen LogP contribution in [-0.4, -0.2) is 33.4 Å². The molecule has 6 heteroatoms. The molecular weight excluding hydrogens is 358 g/mol. The molecule has 0 aliphatic heterocycles. The van der Waals surface area contributed by atoms with Crippen LogP contribution >= 0.6 is 11.3 Å². The number of hydrogen-bond donors (Lipinski definition) is 0. The van der Waals surface area contributed by atoms with E-state index < -0.39 is 0 Å². The summed E-state index contributed by atoms with van der Waals surface area (Å²) in [5.74, 6) is -0.175. The van der Waals surface area contributed by atoms with Crippen molar-refractivity contribution < 1.29 is 4.79 Å². The molecule has 5 nitrogen and oxygen atoms in total. The topological polar surface area (TPSA) is 55.2 Å². The van der Waals surface area contributed by atoms with Gasteiger partial charge in [-0.2, -0.15) is 0 Å². The molecule has 1 amide bonds. The minimum Gasteiger partial charge on any atom is -0.334 e. The molecule has 0 spiro atoms. The lowest BCUT2D eigenvalue weighted by Crippen LogP contribution is -2.36. The molecule has 1 aromatic carbocycles. The molecule has 0 unspecified atom stereocenters. The van der Waals surface area contributed by atoms with Crippen molar-refractivity contribution in [3.05, 3.63) is 77.2 Å². The maximum Gasteiger partial charge on any atom is 0.263 e. The molecule has 2 aromatic heterocycles. The van der Waals surface area contributed by atoms with Gasteiger partial charge in [0.15, 0.2) is 0 Å². The Morgan fingerprint density at radius 3 is 2.52 bits per heavy atom. The van der Waals surface area contributed by atoms with Crippen molar-refractivity contribution in [2.24, 2.45) is 0 Å². The highest BCUT2D eigenvalue weighted by atomic mass is 32.1. The Hall–Kier alpha value is -2.99. The lowest BCUT2D eigenvalue weighted by Gasteiger charge is -2.19. The van der Waals surface area contributed by atoms with Gasteiger partial charge in [0.2, 0.25) is 5.91 Å². The predicted octanol–water partition coefficient (Wildman–Crippen LogP) is 3.63. The summed E-state index contributed by atoms with van der Waals surface area (Å²) in [5.41, 5.74) is 1.67. The van der Waals surface area contributed by atoms with Gasteiger partial charge in [-0.1, -0.05) is 42.5 Å². The number of thiophene rings is 1. The van der Waals surface area contributed by atoms with E-state index in [1.165, 1.54) is 22.2 Å². The van der Waals surface area contributed by atoms with Crippen LogP contribution in [0, 0.1) is 6.92 Å². The fourth-order valence-electron chi connectivity index (χ4n) is 3.04. The molecule has 3 rings (SSSR count). The average molecular weight is 379 g/mol. The summed E-state index contributed by atoms with van der Waals surface area (Å²) >= 11 is 1.49. The van der Waals surface area contributed by atoms with Gasteiger partial charge in [0, 0.05) is 23.5 Å². The van der Waals surface area contributed by atoms with Crippen LogP contribution in [0.25, 0.3) is 21.3 Å². The third-order valence-electron chi connectivity index (χ3n) is 4.27. The van der Waals surface area contributed by atoms with E-state index in [4.69, 9.17) is 0 Å². The third-order valence-corrected chi connectivity index (χ3v) is 5.29. The summed E-state index contributed by atoms with van der Waals surface area (Å²) in [6.45, 7) is 10.1. The van der Waals surface area contributed by atoms with E-state index in [1.54, 1.807) is 17.1 Å². The molecule has 0 fully saturated rings. The summed E-state index contributed by atoms with van der Waals surface area (Å²) in [4.78, 5) is 33.5. The van der Waals surface area contributed by atoms with Gasteiger partial charge in [-0.25, -0.2) is 4.98 Å². The van der Waals surface area contributed by atoms with Gasteiger partial charge < -0.3 is 4.90 Å². The zero-order valence-corrected chi connectivity index (χ0v) is 16.0. The predicted molar refractivity (Wildman–Crippen MR) is 111 cm³/mol. The largest absolute Gasteiger partial charge is 0.334 e. The molecule has 0 aliphatic rings. The van der Waals surface area contributed by atoms with Crippen LogP contribution in [-0.2, 0) is 11.3 Å². The van der Waals surface area contributed by atoms with Crippen LogP contribution in [0.2, 0.25) is 0 Å². The number of carbonyl (C=O) groups is 1. The van der Waals surface area contributed by atoms with Crippen LogP contribution in [0.5, 0.6) is 0 Å². The van der Waals surface area contributed by atoms with Crippen LogP contribution in [0.4, 0.5) is 0 Å². The summed E-state index contributed by atoms with van der Waals surface area (Å²) in [7, 11) is 0. The van der Waals surface area contributed by atoms with E-state index in [1.807, 2.05) is 37.3 Å². The standard InChI is InChI=1S/C21H21N3O2S/c1-4-11-23(12-5-2)17(25)13-24-14-22-20-19(21(24)26)18(15(3)27-20)16-9-7-6-8-10-16/h4-10,14H,1-2,11-13H2,3H3. The Balaban J connectivity index is 2.05. The van der Waals surface area contributed by atoms with Crippen molar-refractivity contribution in [3.8, 4) is 11.1 Å².